The first-order valence-electron chi connectivity index (χ1n) is 8.43. The smallest absolute Gasteiger partial charge is 0.408 e. The highest BCUT2D eigenvalue weighted by Gasteiger charge is 2.27. The summed E-state index contributed by atoms with van der Waals surface area (Å²) in [6.45, 7) is 5.59. The number of fused-ring (bicyclic) bond motifs is 1. The van der Waals surface area contributed by atoms with Crippen LogP contribution in [0.1, 0.15) is 26.3 Å². The zero-order valence-corrected chi connectivity index (χ0v) is 16.6. The first-order valence-corrected chi connectivity index (χ1v) is 8.81. The van der Waals surface area contributed by atoms with E-state index in [1.54, 1.807) is 26.8 Å². The van der Waals surface area contributed by atoms with Crippen molar-refractivity contribution in [3.63, 3.8) is 0 Å². The number of aromatic nitrogens is 1. The number of alkyl carbamates (subject to hydrolysis) is 1. The van der Waals surface area contributed by atoms with Gasteiger partial charge in [-0.3, -0.25) is 0 Å². The number of ether oxygens (including phenoxy) is 2. The van der Waals surface area contributed by atoms with Gasteiger partial charge in [-0.15, -0.1) is 6.42 Å². The highest BCUT2D eigenvalue weighted by atomic mass is 35.5. The lowest BCUT2D eigenvalue weighted by Gasteiger charge is -2.22. The molecule has 0 aliphatic carbocycles. The molecule has 6 nitrogen and oxygen atoms in total. The van der Waals surface area contributed by atoms with Crippen molar-refractivity contribution < 1.29 is 19.1 Å². The molecule has 0 unspecified atom stereocenters. The van der Waals surface area contributed by atoms with Crippen LogP contribution in [0.25, 0.3) is 10.9 Å². The molecule has 0 radical (unpaired) electrons. The number of amides is 1. The summed E-state index contributed by atoms with van der Waals surface area (Å²) >= 11 is 6.37. The van der Waals surface area contributed by atoms with Crippen molar-refractivity contribution in [1.29, 1.82) is 0 Å². The molecule has 27 heavy (non-hydrogen) atoms. The number of rotatable bonds is 5. The number of nitrogens with one attached hydrogen (secondary N) is 1. The van der Waals surface area contributed by atoms with Crippen molar-refractivity contribution in [3.05, 3.63) is 35.0 Å². The number of carbonyl (C=O) groups excluding carboxylic acids is 2. The quantitative estimate of drug-likeness (QED) is 0.626. The second kappa shape index (κ2) is 8.36. The predicted molar refractivity (Wildman–Crippen MR) is 105 cm³/mol. The van der Waals surface area contributed by atoms with Crippen molar-refractivity contribution >= 4 is 34.6 Å². The van der Waals surface area contributed by atoms with Gasteiger partial charge < -0.3 is 19.4 Å². The number of hydrogen-bond acceptors (Lipinski definition) is 4. The van der Waals surface area contributed by atoms with Crippen molar-refractivity contribution in [1.82, 2.24) is 9.88 Å². The minimum absolute atomic E-state index is 0.184. The number of carbonyl (C=O) groups is 2. The fraction of sp³-hybridized carbons (Fsp3) is 0.400. The van der Waals surface area contributed by atoms with E-state index in [0.29, 0.717) is 11.6 Å². The van der Waals surface area contributed by atoms with Crippen LogP contribution in [0, 0.1) is 12.3 Å². The molecule has 0 spiro atoms. The van der Waals surface area contributed by atoms with E-state index in [2.05, 4.69) is 11.2 Å². The minimum Gasteiger partial charge on any atom is -0.467 e. The Morgan fingerprint density at radius 3 is 2.67 bits per heavy atom. The molecule has 1 aromatic heterocycles. The van der Waals surface area contributed by atoms with E-state index in [1.165, 1.54) is 7.11 Å². The summed E-state index contributed by atoms with van der Waals surface area (Å²) in [6.07, 6.45) is 6.77. The minimum atomic E-state index is -0.925. The molecular formula is C20H23ClN2O4. The first-order chi connectivity index (χ1) is 12.7. The lowest BCUT2D eigenvalue weighted by atomic mass is 10.1. The van der Waals surface area contributed by atoms with E-state index >= 15 is 0 Å². The lowest BCUT2D eigenvalue weighted by Crippen LogP contribution is -2.45. The Morgan fingerprint density at radius 2 is 2.07 bits per heavy atom. The molecule has 144 valence electrons. The maximum Gasteiger partial charge on any atom is 0.408 e. The average Bonchev–Trinajstić information content (AvgIpc) is 2.91. The van der Waals surface area contributed by atoms with Crippen molar-refractivity contribution in [2.24, 2.45) is 0 Å². The van der Waals surface area contributed by atoms with Gasteiger partial charge in [0.15, 0.2) is 0 Å². The molecule has 0 fully saturated rings. The molecule has 1 aromatic carbocycles. The third kappa shape index (κ3) is 5.18. The number of esters is 1. The molecule has 2 rings (SSSR count). The van der Waals surface area contributed by atoms with E-state index < -0.39 is 23.7 Å². The molecule has 0 saturated heterocycles. The summed E-state index contributed by atoms with van der Waals surface area (Å²) in [5.74, 6) is 2.01. The van der Waals surface area contributed by atoms with Crippen LogP contribution in [-0.4, -0.2) is 35.4 Å². The second-order valence-corrected chi connectivity index (χ2v) is 7.45. The zero-order valence-electron chi connectivity index (χ0n) is 15.8. The highest BCUT2D eigenvalue weighted by Crippen LogP contribution is 2.29. The van der Waals surface area contributed by atoms with E-state index in [0.717, 1.165) is 16.5 Å². The van der Waals surface area contributed by atoms with Gasteiger partial charge in [0.2, 0.25) is 0 Å². The molecular weight excluding hydrogens is 368 g/mol. The fourth-order valence-corrected chi connectivity index (χ4v) is 3.07. The summed E-state index contributed by atoms with van der Waals surface area (Å²) in [5, 5.41) is 3.90. The fourth-order valence-electron chi connectivity index (χ4n) is 2.78. The Morgan fingerprint density at radius 1 is 1.37 bits per heavy atom. The molecule has 1 heterocycles. The summed E-state index contributed by atoms with van der Waals surface area (Å²) in [7, 11) is 1.26. The Bertz CT molecular complexity index is 890. The van der Waals surface area contributed by atoms with Crippen LogP contribution in [0.5, 0.6) is 0 Å². The lowest BCUT2D eigenvalue weighted by molar-refractivity contribution is -0.143. The van der Waals surface area contributed by atoms with E-state index in [-0.39, 0.29) is 6.42 Å². The third-order valence-corrected chi connectivity index (χ3v) is 4.11. The number of hydrogen-bond donors (Lipinski definition) is 1. The van der Waals surface area contributed by atoms with Gasteiger partial charge in [-0.25, -0.2) is 9.59 Å². The van der Waals surface area contributed by atoms with Gasteiger partial charge in [-0.1, -0.05) is 23.6 Å². The monoisotopic (exact) mass is 390 g/mol. The number of nitrogens with zero attached hydrogens (tertiary/aromatic N) is 1. The molecule has 0 aliphatic rings. The third-order valence-electron chi connectivity index (χ3n) is 3.80. The maximum atomic E-state index is 12.2. The molecule has 1 amide bonds. The normalized spacial score (nSPS) is 12.3. The van der Waals surface area contributed by atoms with Crippen molar-refractivity contribution in [2.75, 3.05) is 7.11 Å². The molecule has 1 N–H and O–H groups in total. The highest BCUT2D eigenvalue weighted by molar-refractivity contribution is 6.35. The summed E-state index contributed by atoms with van der Waals surface area (Å²) in [5.41, 5.74) is 0.949. The van der Waals surface area contributed by atoms with Crippen LogP contribution in [-0.2, 0) is 27.2 Å². The van der Waals surface area contributed by atoms with E-state index in [9.17, 15) is 9.59 Å². The van der Waals surface area contributed by atoms with Gasteiger partial charge in [0.1, 0.15) is 11.6 Å². The molecule has 0 saturated carbocycles. The summed E-state index contributed by atoms with van der Waals surface area (Å²) in [4.78, 5) is 24.3. The van der Waals surface area contributed by atoms with Crippen LogP contribution in [0.15, 0.2) is 24.4 Å². The van der Waals surface area contributed by atoms with E-state index in [4.69, 9.17) is 27.5 Å². The van der Waals surface area contributed by atoms with E-state index in [1.807, 2.05) is 22.9 Å². The molecule has 0 bridgehead atoms. The van der Waals surface area contributed by atoms with Gasteiger partial charge in [-0.2, -0.15) is 0 Å². The predicted octanol–water partition coefficient (Wildman–Crippen LogP) is 3.54. The SMILES string of the molecule is C#CCn1cc(C[C@H](NC(=O)OC(C)(C)C)C(=O)OC)c2c(Cl)cccc21. The Kier molecular flexibility index (Phi) is 6.40. The standard InChI is InChI=1S/C20H23ClN2O4/c1-6-10-23-12-13(17-14(21)8-7-9-16(17)23)11-15(18(24)26-5)22-19(25)27-20(2,3)4/h1,7-9,12,15H,10-11H2,2-5H3,(H,22,25)/t15-/m0/s1. The van der Waals surface area contributed by atoms with Gasteiger partial charge in [0.05, 0.1) is 24.2 Å². The maximum absolute atomic E-state index is 12.2. The second-order valence-electron chi connectivity index (χ2n) is 7.05. The van der Waals surface area contributed by atoms with Crippen LogP contribution >= 0.6 is 11.6 Å². The first kappa shape index (κ1) is 20.7. The van der Waals surface area contributed by atoms with Crippen LogP contribution < -0.4 is 5.32 Å². The number of methoxy groups -OCH3 is 1. The number of halogens is 1. The van der Waals surface area contributed by atoms with Crippen molar-refractivity contribution in [3.8, 4) is 12.3 Å². The Hall–Kier alpha value is -2.65. The van der Waals surface area contributed by atoms with Crippen molar-refractivity contribution in [2.45, 2.75) is 45.4 Å². The Balaban J connectivity index is 2.36. The van der Waals surface area contributed by atoms with Crippen LogP contribution in [0.2, 0.25) is 5.02 Å². The molecule has 7 heteroatoms. The number of benzene rings is 1. The number of terminal acetylenes is 1. The van der Waals surface area contributed by atoms with Gasteiger partial charge in [0.25, 0.3) is 0 Å². The van der Waals surface area contributed by atoms with Gasteiger partial charge in [-0.05, 0) is 38.5 Å². The zero-order chi connectivity index (χ0) is 20.2. The van der Waals surface area contributed by atoms with Gasteiger partial charge >= 0.3 is 12.1 Å². The average molecular weight is 391 g/mol. The summed E-state index contributed by atoms with van der Waals surface area (Å²) < 4.78 is 11.9. The molecule has 1 atom stereocenters. The molecule has 2 aromatic rings. The summed E-state index contributed by atoms with van der Waals surface area (Å²) in [6, 6.07) is 4.57. The van der Waals surface area contributed by atoms with Crippen LogP contribution in [0.4, 0.5) is 4.79 Å². The largest absolute Gasteiger partial charge is 0.467 e. The topological polar surface area (TPSA) is 69.6 Å². The van der Waals surface area contributed by atoms with Crippen LogP contribution in [0.3, 0.4) is 0 Å². The molecule has 0 aliphatic heterocycles. The Labute approximate surface area is 163 Å². The van der Waals surface area contributed by atoms with Gasteiger partial charge in [0, 0.05) is 18.0 Å².